The van der Waals surface area contributed by atoms with Crippen LogP contribution in [0.4, 0.5) is 0 Å². The van der Waals surface area contributed by atoms with E-state index in [4.69, 9.17) is 38.9 Å². The van der Waals surface area contributed by atoms with Gasteiger partial charge in [-0.3, -0.25) is 34.0 Å². The topological polar surface area (TPSA) is 354 Å². The molecule has 0 heterocycles. The fourth-order valence-corrected chi connectivity index (χ4v) is 3.31. The van der Waals surface area contributed by atoms with Gasteiger partial charge in [-0.1, -0.05) is 0 Å². The molecule has 19 nitrogen and oxygen atoms in total. The van der Waals surface area contributed by atoms with E-state index in [1.807, 2.05) is 0 Å². The van der Waals surface area contributed by atoms with Gasteiger partial charge in [0.2, 0.25) is 17.7 Å². The van der Waals surface area contributed by atoms with Crippen molar-refractivity contribution >= 4 is 47.5 Å². The van der Waals surface area contributed by atoms with Gasteiger partial charge in [0.15, 0.2) is 11.9 Å². The molecule has 0 bridgehead atoms. The summed E-state index contributed by atoms with van der Waals surface area (Å²) in [4.78, 5) is 79.8. The number of nitrogens with two attached hydrogens (primary N) is 5. The summed E-state index contributed by atoms with van der Waals surface area (Å²) < 4.78 is 0. The highest BCUT2D eigenvalue weighted by Crippen LogP contribution is 2.06. The van der Waals surface area contributed by atoms with E-state index in [2.05, 4.69) is 25.9 Å². The predicted octanol–water partition coefficient (Wildman–Crippen LogP) is -4.31. The van der Waals surface area contributed by atoms with Gasteiger partial charge >= 0.3 is 17.9 Å². The summed E-state index contributed by atoms with van der Waals surface area (Å²) in [6.45, 7) is 0.279. The molecule has 4 unspecified atom stereocenters. The molecule has 0 aliphatic carbocycles. The molecule has 0 saturated heterocycles. The van der Waals surface area contributed by atoms with Gasteiger partial charge in [0.25, 0.3) is 0 Å². The molecule has 0 aliphatic heterocycles. The van der Waals surface area contributed by atoms with Crippen LogP contribution in [-0.2, 0) is 28.8 Å². The molecule has 0 aromatic carbocycles. The maximum absolute atomic E-state index is 13.0. The fourth-order valence-electron chi connectivity index (χ4n) is 3.31. The third-order valence-corrected chi connectivity index (χ3v) is 5.42. The molecule has 16 N–H and O–H groups in total. The Bertz CT molecular complexity index is 981. The number of hydrogen-bond acceptors (Lipinski definition) is 9. The number of aliphatic imine (C=N–C) groups is 2. The van der Waals surface area contributed by atoms with Crippen molar-refractivity contribution in [3.63, 3.8) is 0 Å². The number of aliphatic carboxylic acids is 3. The minimum absolute atomic E-state index is 0.0859. The molecule has 0 fully saturated rings. The normalized spacial score (nSPS) is 13.4. The number of rotatable bonds is 21. The van der Waals surface area contributed by atoms with E-state index < -0.39 is 79.1 Å². The Morgan fingerprint density at radius 1 is 0.585 bits per heavy atom. The second-order valence-electron chi connectivity index (χ2n) is 8.89. The summed E-state index contributed by atoms with van der Waals surface area (Å²) in [5.41, 5.74) is 26.7. The number of carbonyl (C=O) groups is 6. The third-order valence-electron chi connectivity index (χ3n) is 5.42. The van der Waals surface area contributed by atoms with Crippen LogP contribution in [-0.4, -0.2) is 100 Å². The van der Waals surface area contributed by atoms with Gasteiger partial charge in [-0.05, 0) is 38.5 Å². The fraction of sp³-hybridized carbons (Fsp3) is 0.636. The largest absolute Gasteiger partial charge is 0.481 e. The predicted molar refractivity (Wildman–Crippen MR) is 145 cm³/mol. The van der Waals surface area contributed by atoms with Crippen molar-refractivity contribution in [2.45, 2.75) is 75.5 Å². The zero-order chi connectivity index (χ0) is 31.5. The summed E-state index contributed by atoms with van der Waals surface area (Å²) in [6, 6.07) is -5.51. The SMILES string of the molecule is NC(N)=NCCCC(N)C(=O)NC(CCC(=O)O)C(=O)NC(CCC(=O)O)C(=O)NC(CCCN=C(N)N)C(=O)O. The van der Waals surface area contributed by atoms with Crippen molar-refractivity contribution < 1.29 is 44.1 Å². The summed E-state index contributed by atoms with van der Waals surface area (Å²) >= 11 is 0. The van der Waals surface area contributed by atoms with E-state index in [1.54, 1.807) is 0 Å². The van der Waals surface area contributed by atoms with Crippen LogP contribution in [0.15, 0.2) is 9.98 Å². The zero-order valence-corrected chi connectivity index (χ0v) is 22.5. The number of carboxylic acid groups (broad SMARTS) is 3. The molecular formula is C22H40N10O9. The molecule has 0 aromatic rings. The monoisotopic (exact) mass is 588 g/mol. The lowest BCUT2D eigenvalue weighted by atomic mass is 10.1. The summed E-state index contributed by atoms with van der Waals surface area (Å²) in [7, 11) is 0. The molecule has 41 heavy (non-hydrogen) atoms. The first-order valence-electron chi connectivity index (χ1n) is 12.6. The third kappa shape index (κ3) is 17.5. The number of hydrogen-bond donors (Lipinski definition) is 11. The molecule has 0 spiro atoms. The highest BCUT2D eigenvalue weighted by molar-refractivity contribution is 5.94. The second-order valence-corrected chi connectivity index (χ2v) is 8.89. The van der Waals surface area contributed by atoms with Crippen LogP contribution >= 0.6 is 0 Å². The molecule has 232 valence electrons. The lowest BCUT2D eigenvalue weighted by Gasteiger charge is -2.25. The molecule has 19 heteroatoms. The first-order valence-corrected chi connectivity index (χ1v) is 12.6. The van der Waals surface area contributed by atoms with Crippen LogP contribution in [0.1, 0.15) is 51.4 Å². The van der Waals surface area contributed by atoms with Crippen molar-refractivity contribution in [1.29, 1.82) is 0 Å². The van der Waals surface area contributed by atoms with Crippen LogP contribution in [0.2, 0.25) is 0 Å². The van der Waals surface area contributed by atoms with Crippen LogP contribution in [0.25, 0.3) is 0 Å². The van der Waals surface area contributed by atoms with Gasteiger partial charge in [0.05, 0.1) is 6.04 Å². The highest BCUT2D eigenvalue weighted by atomic mass is 16.4. The van der Waals surface area contributed by atoms with Crippen LogP contribution in [0.5, 0.6) is 0 Å². The maximum atomic E-state index is 13.0. The molecule has 0 aliphatic rings. The Kier molecular flexibility index (Phi) is 17.2. The molecule has 0 rings (SSSR count). The van der Waals surface area contributed by atoms with Gasteiger partial charge in [0.1, 0.15) is 18.1 Å². The highest BCUT2D eigenvalue weighted by Gasteiger charge is 2.30. The van der Waals surface area contributed by atoms with Gasteiger partial charge in [-0.2, -0.15) is 0 Å². The van der Waals surface area contributed by atoms with Crippen molar-refractivity contribution in [2.75, 3.05) is 13.1 Å². The molecule has 0 radical (unpaired) electrons. The van der Waals surface area contributed by atoms with Gasteiger partial charge in [-0.25, -0.2) is 4.79 Å². The van der Waals surface area contributed by atoms with E-state index in [-0.39, 0.29) is 50.7 Å². The number of carboxylic acids is 3. The summed E-state index contributed by atoms with van der Waals surface area (Å²) in [6.07, 6.45) is -1.40. The average Bonchev–Trinajstić information content (AvgIpc) is 2.87. The first-order chi connectivity index (χ1) is 19.1. The first kappa shape index (κ1) is 36.3. The van der Waals surface area contributed by atoms with E-state index in [9.17, 15) is 33.9 Å². The molecule has 3 amide bonds. The average molecular weight is 589 g/mol. The van der Waals surface area contributed by atoms with Crippen molar-refractivity contribution in [3.05, 3.63) is 0 Å². The van der Waals surface area contributed by atoms with Crippen molar-refractivity contribution in [3.8, 4) is 0 Å². The molecule has 0 saturated carbocycles. The van der Waals surface area contributed by atoms with Crippen LogP contribution in [0.3, 0.4) is 0 Å². The van der Waals surface area contributed by atoms with Gasteiger partial charge < -0.3 is 59.9 Å². The van der Waals surface area contributed by atoms with E-state index >= 15 is 0 Å². The minimum Gasteiger partial charge on any atom is -0.481 e. The van der Waals surface area contributed by atoms with Crippen molar-refractivity contribution in [1.82, 2.24) is 16.0 Å². The molecule has 4 atom stereocenters. The van der Waals surface area contributed by atoms with E-state index in [0.29, 0.717) is 6.42 Å². The Labute approximate surface area is 235 Å². The molecule has 0 aromatic heterocycles. The summed E-state index contributed by atoms with van der Waals surface area (Å²) in [5, 5.41) is 34.4. The van der Waals surface area contributed by atoms with E-state index in [0.717, 1.165) is 0 Å². The minimum atomic E-state index is -1.53. The lowest BCUT2D eigenvalue weighted by Crippen LogP contribution is -2.57. The Hall–Kier alpha value is -4.68. The number of nitrogens with one attached hydrogen (secondary N) is 3. The van der Waals surface area contributed by atoms with Crippen LogP contribution in [0, 0.1) is 0 Å². The lowest BCUT2D eigenvalue weighted by molar-refractivity contribution is -0.143. The zero-order valence-electron chi connectivity index (χ0n) is 22.5. The Morgan fingerprint density at radius 2 is 0.976 bits per heavy atom. The Morgan fingerprint density at radius 3 is 1.37 bits per heavy atom. The second kappa shape index (κ2) is 19.4. The number of amides is 3. The molecular weight excluding hydrogens is 548 g/mol. The smallest absolute Gasteiger partial charge is 0.326 e. The number of nitrogens with zero attached hydrogens (tertiary/aromatic N) is 2. The maximum Gasteiger partial charge on any atom is 0.326 e. The number of carbonyl (C=O) groups excluding carboxylic acids is 3. The van der Waals surface area contributed by atoms with Crippen LogP contribution < -0.4 is 44.6 Å². The van der Waals surface area contributed by atoms with Gasteiger partial charge in [0, 0.05) is 25.9 Å². The Balaban J connectivity index is 5.58. The van der Waals surface area contributed by atoms with Crippen molar-refractivity contribution in [2.24, 2.45) is 38.7 Å². The number of guanidine groups is 2. The quantitative estimate of drug-likeness (QED) is 0.0343. The van der Waals surface area contributed by atoms with E-state index in [1.165, 1.54) is 0 Å². The standard InChI is InChI=1S/C22H40N10O9/c23-11(3-1-9-28-21(24)25)17(37)30-12(5-7-15(33)34)18(38)31-13(6-8-16(35)36)19(39)32-14(20(40)41)4-2-10-29-22(26)27/h11-14H,1-10,23H2,(H,30,37)(H,31,38)(H,32,39)(H,33,34)(H,35,36)(H,40,41)(H4,24,25,28)(H4,26,27,29). The summed E-state index contributed by atoms with van der Waals surface area (Å²) in [5.74, 6) is -7.11. The van der Waals surface area contributed by atoms with Gasteiger partial charge in [-0.15, -0.1) is 0 Å².